The number of hydrogen-bond acceptors (Lipinski definition) is 3. The molecule has 0 aliphatic rings. The first-order valence-electron chi connectivity index (χ1n) is 6.27. The second-order valence-corrected chi connectivity index (χ2v) is 6.63. The summed E-state index contributed by atoms with van der Waals surface area (Å²) in [6.45, 7) is 4.14. The zero-order valence-corrected chi connectivity index (χ0v) is 15.2. The Bertz CT molecular complexity index is 644. The first kappa shape index (κ1) is 16.8. The van der Waals surface area contributed by atoms with Crippen LogP contribution in [0.3, 0.4) is 0 Å². The van der Waals surface area contributed by atoms with E-state index in [-0.39, 0.29) is 5.92 Å². The SMILES string of the molecule is CCC(C)c1cc(Oc2c(Cl)cc(Br)cc2Cl)nnc1Cl. The molecule has 1 atom stereocenters. The molecular weight excluding hydrogens is 398 g/mol. The maximum atomic E-state index is 6.13. The Balaban J connectivity index is 2.37. The van der Waals surface area contributed by atoms with Gasteiger partial charge in [-0.1, -0.05) is 64.6 Å². The lowest BCUT2D eigenvalue weighted by Gasteiger charge is -2.13. The molecule has 2 aromatic rings. The number of ether oxygens (including phenoxy) is 1. The highest BCUT2D eigenvalue weighted by Gasteiger charge is 2.15. The number of aromatic nitrogens is 2. The summed E-state index contributed by atoms with van der Waals surface area (Å²) in [5.74, 6) is 0.903. The van der Waals surface area contributed by atoms with Gasteiger partial charge < -0.3 is 4.74 Å². The van der Waals surface area contributed by atoms with Crippen LogP contribution in [-0.2, 0) is 0 Å². The van der Waals surface area contributed by atoms with E-state index in [1.54, 1.807) is 18.2 Å². The second-order valence-electron chi connectivity index (χ2n) is 4.54. The van der Waals surface area contributed by atoms with E-state index in [0.717, 1.165) is 16.5 Å². The Labute approximate surface area is 146 Å². The zero-order valence-electron chi connectivity index (χ0n) is 11.3. The summed E-state index contributed by atoms with van der Waals surface area (Å²) in [5.41, 5.74) is 0.883. The van der Waals surface area contributed by atoms with Crippen LogP contribution in [0.4, 0.5) is 0 Å². The van der Waals surface area contributed by atoms with Crippen molar-refractivity contribution in [1.82, 2.24) is 10.2 Å². The Morgan fingerprint density at radius 3 is 2.33 bits per heavy atom. The predicted molar refractivity (Wildman–Crippen MR) is 90.0 cm³/mol. The molecule has 0 N–H and O–H groups in total. The molecule has 21 heavy (non-hydrogen) atoms. The summed E-state index contributed by atoms with van der Waals surface area (Å²) in [7, 11) is 0. The Morgan fingerprint density at radius 1 is 1.14 bits per heavy atom. The van der Waals surface area contributed by atoms with Crippen molar-refractivity contribution in [3.63, 3.8) is 0 Å². The van der Waals surface area contributed by atoms with Crippen molar-refractivity contribution in [2.24, 2.45) is 0 Å². The average molecular weight is 411 g/mol. The fraction of sp³-hybridized carbons (Fsp3) is 0.286. The van der Waals surface area contributed by atoms with Crippen LogP contribution in [0.5, 0.6) is 11.6 Å². The Kier molecular flexibility index (Phi) is 5.72. The molecule has 3 nitrogen and oxygen atoms in total. The molecule has 1 unspecified atom stereocenters. The van der Waals surface area contributed by atoms with Gasteiger partial charge in [0.1, 0.15) is 0 Å². The monoisotopic (exact) mass is 408 g/mol. The van der Waals surface area contributed by atoms with Gasteiger partial charge in [-0.2, -0.15) is 0 Å². The molecule has 0 amide bonds. The highest BCUT2D eigenvalue weighted by atomic mass is 79.9. The maximum Gasteiger partial charge on any atom is 0.239 e. The molecule has 1 aromatic heterocycles. The van der Waals surface area contributed by atoms with Crippen LogP contribution in [0.15, 0.2) is 22.7 Å². The van der Waals surface area contributed by atoms with Gasteiger partial charge in [-0.25, -0.2) is 0 Å². The van der Waals surface area contributed by atoms with Crippen molar-refractivity contribution in [2.75, 3.05) is 0 Å². The van der Waals surface area contributed by atoms with Gasteiger partial charge in [0.2, 0.25) is 5.88 Å². The van der Waals surface area contributed by atoms with Crippen LogP contribution in [0, 0.1) is 0 Å². The molecule has 0 spiro atoms. The third kappa shape index (κ3) is 4.01. The third-order valence-corrected chi connectivity index (χ3v) is 4.38. The molecule has 0 bridgehead atoms. The quantitative estimate of drug-likeness (QED) is 0.577. The topological polar surface area (TPSA) is 35.0 Å². The minimum Gasteiger partial charge on any atom is -0.434 e. The smallest absolute Gasteiger partial charge is 0.239 e. The lowest BCUT2D eigenvalue weighted by molar-refractivity contribution is 0.453. The normalized spacial score (nSPS) is 12.3. The molecular formula is C14H12BrCl3N2O. The van der Waals surface area contributed by atoms with Gasteiger partial charge in [0.15, 0.2) is 10.9 Å². The molecule has 0 radical (unpaired) electrons. The van der Waals surface area contributed by atoms with E-state index in [2.05, 4.69) is 40.0 Å². The lowest BCUT2D eigenvalue weighted by Crippen LogP contribution is -1.99. The lowest BCUT2D eigenvalue weighted by atomic mass is 10.0. The number of benzene rings is 1. The van der Waals surface area contributed by atoms with Gasteiger partial charge in [-0.15, -0.1) is 10.2 Å². The maximum absolute atomic E-state index is 6.13. The predicted octanol–water partition coefficient (Wildman–Crippen LogP) is 6.51. The van der Waals surface area contributed by atoms with Crippen molar-refractivity contribution in [3.05, 3.63) is 43.4 Å². The molecule has 0 saturated heterocycles. The summed E-state index contributed by atoms with van der Waals surface area (Å²) in [6.07, 6.45) is 0.935. The van der Waals surface area contributed by atoms with Gasteiger partial charge in [-0.05, 0) is 30.0 Å². The standard InChI is InChI=1S/C14H12BrCl3N2O/c1-3-7(2)9-6-12(19-20-14(9)18)21-13-10(16)4-8(15)5-11(13)17/h4-7H,3H2,1-2H3. The first-order chi connectivity index (χ1) is 9.92. The van der Waals surface area contributed by atoms with E-state index in [1.165, 1.54) is 0 Å². The average Bonchev–Trinajstić information content (AvgIpc) is 2.43. The molecule has 1 heterocycles. The highest BCUT2D eigenvalue weighted by molar-refractivity contribution is 9.10. The Morgan fingerprint density at radius 2 is 1.76 bits per heavy atom. The van der Waals surface area contributed by atoms with Gasteiger partial charge in [0, 0.05) is 10.5 Å². The minimum atomic E-state index is 0.256. The molecule has 1 aromatic carbocycles. The summed E-state index contributed by atoms with van der Waals surface area (Å²) < 4.78 is 6.44. The largest absolute Gasteiger partial charge is 0.434 e. The molecule has 0 aliphatic heterocycles. The first-order valence-corrected chi connectivity index (χ1v) is 8.20. The number of rotatable bonds is 4. The van der Waals surface area contributed by atoms with E-state index >= 15 is 0 Å². The fourth-order valence-corrected chi connectivity index (χ4v) is 3.28. The van der Waals surface area contributed by atoms with Crippen LogP contribution in [0.2, 0.25) is 15.2 Å². The van der Waals surface area contributed by atoms with Crippen molar-refractivity contribution >= 4 is 50.7 Å². The molecule has 112 valence electrons. The molecule has 0 aliphatic carbocycles. The van der Waals surface area contributed by atoms with Crippen molar-refractivity contribution in [1.29, 1.82) is 0 Å². The van der Waals surface area contributed by atoms with Crippen LogP contribution in [-0.4, -0.2) is 10.2 Å². The molecule has 0 fully saturated rings. The van der Waals surface area contributed by atoms with E-state index in [0.29, 0.717) is 26.8 Å². The molecule has 0 saturated carbocycles. The van der Waals surface area contributed by atoms with Crippen LogP contribution in [0.1, 0.15) is 31.7 Å². The van der Waals surface area contributed by atoms with E-state index in [4.69, 9.17) is 39.5 Å². The van der Waals surface area contributed by atoms with Crippen LogP contribution >= 0.6 is 50.7 Å². The van der Waals surface area contributed by atoms with Crippen molar-refractivity contribution in [2.45, 2.75) is 26.2 Å². The fourth-order valence-electron chi connectivity index (χ4n) is 1.72. The highest BCUT2D eigenvalue weighted by Crippen LogP contribution is 2.39. The minimum absolute atomic E-state index is 0.256. The molecule has 2 rings (SSSR count). The summed E-state index contributed by atoms with van der Waals surface area (Å²) in [6, 6.07) is 5.15. The van der Waals surface area contributed by atoms with E-state index in [9.17, 15) is 0 Å². The van der Waals surface area contributed by atoms with Crippen LogP contribution < -0.4 is 4.74 Å². The number of halogens is 4. The number of hydrogen-bond donors (Lipinski definition) is 0. The number of nitrogens with zero attached hydrogens (tertiary/aromatic N) is 2. The van der Waals surface area contributed by atoms with Crippen LogP contribution in [0.25, 0.3) is 0 Å². The second kappa shape index (κ2) is 7.14. The zero-order chi connectivity index (χ0) is 15.6. The van der Waals surface area contributed by atoms with Crippen molar-refractivity contribution in [3.8, 4) is 11.6 Å². The van der Waals surface area contributed by atoms with E-state index in [1.807, 2.05) is 0 Å². The summed E-state index contributed by atoms with van der Waals surface area (Å²) in [5, 5.41) is 8.99. The van der Waals surface area contributed by atoms with Crippen molar-refractivity contribution < 1.29 is 4.74 Å². The third-order valence-electron chi connectivity index (χ3n) is 3.07. The van der Waals surface area contributed by atoms with Gasteiger partial charge in [-0.3, -0.25) is 0 Å². The van der Waals surface area contributed by atoms with E-state index < -0.39 is 0 Å². The van der Waals surface area contributed by atoms with Gasteiger partial charge in [0.05, 0.1) is 10.0 Å². The van der Waals surface area contributed by atoms with Gasteiger partial charge >= 0.3 is 0 Å². The molecule has 7 heteroatoms. The summed E-state index contributed by atoms with van der Waals surface area (Å²) in [4.78, 5) is 0. The summed E-state index contributed by atoms with van der Waals surface area (Å²) >= 11 is 21.6. The Hall–Kier alpha value is -0.550. The van der Waals surface area contributed by atoms with Gasteiger partial charge in [0.25, 0.3) is 0 Å².